The first-order chi connectivity index (χ1) is 7.83. The number of imidazole rings is 1. The molecule has 0 saturated heterocycles. The fourth-order valence-electron chi connectivity index (χ4n) is 1.50. The molecule has 4 nitrogen and oxygen atoms in total. The van der Waals surface area contributed by atoms with Crippen LogP contribution in [0.4, 0.5) is 0 Å². The maximum atomic E-state index is 4.36. The topological polar surface area (TPSA) is 54.5 Å². The normalized spacial score (nSPS) is 10.8. The summed E-state index contributed by atoms with van der Waals surface area (Å²) in [6.07, 6.45) is 3.27. The molecule has 2 heterocycles. The highest BCUT2D eigenvalue weighted by atomic mass is 32.1. The van der Waals surface area contributed by atoms with Gasteiger partial charge in [-0.25, -0.2) is 15.0 Å². The second-order valence-corrected chi connectivity index (χ2v) is 3.88. The molecule has 0 aliphatic carbocycles. The second kappa shape index (κ2) is 3.61. The van der Waals surface area contributed by atoms with Crippen LogP contribution in [0.15, 0.2) is 41.6 Å². The van der Waals surface area contributed by atoms with Gasteiger partial charge in [0.2, 0.25) is 0 Å². The van der Waals surface area contributed by atoms with Crippen LogP contribution in [0.1, 0.15) is 0 Å². The molecule has 78 valence electrons. The summed E-state index contributed by atoms with van der Waals surface area (Å²) in [7, 11) is 0. The van der Waals surface area contributed by atoms with E-state index in [4.69, 9.17) is 0 Å². The highest BCUT2D eigenvalue weighted by Gasteiger charge is 2.05. The van der Waals surface area contributed by atoms with Crippen molar-refractivity contribution in [2.45, 2.75) is 4.90 Å². The number of nitrogens with one attached hydrogen (secondary N) is 1. The molecular formula is C11H8N4S. The van der Waals surface area contributed by atoms with Gasteiger partial charge in [0.05, 0.1) is 0 Å². The smallest absolute Gasteiger partial charge is 0.197 e. The molecule has 1 aromatic carbocycles. The monoisotopic (exact) mass is 228 g/mol. The zero-order valence-electron chi connectivity index (χ0n) is 8.25. The summed E-state index contributed by atoms with van der Waals surface area (Å²) in [5.41, 5.74) is 2.33. The van der Waals surface area contributed by atoms with E-state index in [9.17, 15) is 0 Å². The third kappa shape index (κ3) is 1.55. The second-order valence-electron chi connectivity index (χ2n) is 3.36. The zero-order chi connectivity index (χ0) is 11.0. The standard InChI is InChI=1S/C11H8N4S/c16-8-3-1-7(2-4-8)9-14-10-11(15-9)13-6-5-12-10/h1-6,16H,(H,12,13,14,15). The molecule has 0 radical (unpaired) electrons. The molecule has 2 aromatic heterocycles. The van der Waals surface area contributed by atoms with E-state index in [0.717, 1.165) is 16.3 Å². The van der Waals surface area contributed by atoms with Gasteiger partial charge in [-0.05, 0) is 12.1 Å². The van der Waals surface area contributed by atoms with E-state index in [-0.39, 0.29) is 0 Å². The SMILES string of the molecule is Sc1ccc(-c2nc3nccnc3[nH]2)cc1. The van der Waals surface area contributed by atoms with Crippen molar-refractivity contribution in [1.82, 2.24) is 19.9 Å². The van der Waals surface area contributed by atoms with Gasteiger partial charge in [0.25, 0.3) is 0 Å². The number of rotatable bonds is 1. The van der Waals surface area contributed by atoms with Crippen LogP contribution < -0.4 is 0 Å². The number of H-pyrrole nitrogens is 1. The summed E-state index contributed by atoms with van der Waals surface area (Å²) < 4.78 is 0. The predicted molar refractivity (Wildman–Crippen MR) is 64.4 cm³/mol. The Morgan fingerprint density at radius 2 is 1.75 bits per heavy atom. The van der Waals surface area contributed by atoms with Gasteiger partial charge in [-0.1, -0.05) is 12.1 Å². The van der Waals surface area contributed by atoms with E-state index in [0.29, 0.717) is 11.3 Å². The molecule has 1 N–H and O–H groups in total. The highest BCUT2D eigenvalue weighted by Crippen LogP contribution is 2.19. The zero-order valence-corrected chi connectivity index (χ0v) is 9.15. The molecule has 0 amide bonds. The Morgan fingerprint density at radius 1 is 1.00 bits per heavy atom. The Hall–Kier alpha value is -1.88. The quantitative estimate of drug-likeness (QED) is 0.628. The fourth-order valence-corrected chi connectivity index (χ4v) is 1.65. The minimum atomic E-state index is 0.632. The molecule has 16 heavy (non-hydrogen) atoms. The Morgan fingerprint density at radius 3 is 2.50 bits per heavy atom. The summed E-state index contributed by atoms with van der Waals surface area (Å²) in [6, 6.07) is 7.76. The maximum absolute atomic E-state index is 4.36. The van der Waals surface area contributed by atoms with Gasteiger partial charge in [-0.2, -0.15) is 0 Å². The summed E-state index contributed by atoms with van der Waals surface area (Å²) in [6.45, 7) is 0. The van der Waals surface area contributed by atoms with E-state index < -0.39 is 0 Å². The maximum Gasteiger partial charge on any atom is 0.197 e. The Balaban J connectivity index is 2.15. The summed E-state index contributed by atoms with van der Waals surface area (Å²) in [5.74, 6) is 0.773. The van der Waals surface area contributed by atoms with Crippen LogP contribution in [-0.2, 0) is 0 Å². The molecule has 0 bridgehead atoms. The lowest BCUT2D eigenvalue weighted by Crippen LogP contribution is -1.79. The number of fused-ring (bicyclic) bond motifs is 1. The fraction of sp³-hybridized carbons (Fsp3) is 0. The van der Waals surface area contributed by atoms with Gasteiger partial charge < -0.3 is 4.98 Å². The van der Waals surface area contributed by atoms with Crippen LogP contribution in [0.3, 0.4) is 0 Å². The lowest BCUT2D eigenvalue weighted by molar-refractivity contribution is 1.26. The summed E-state index contributed by atoms with van der Waals surface area (Å²) in [5, 5.41) is 0. The van der Waals surface area contributed by atoms with Crippen LogP contribution in [0.2, 0.25) is 0 Å². The molecule has 0 saturated carbocycles. The van der Waals surface area contributed by atoms with Gasteiger partial charge in [0.15, 0.2) is 11.3 Å². The minimum absolute atomic E-state index is 0.632. The molecule has 0 unspecified atom stereocenters. The molecule has 3 rings (SSSR count). The number of hydrogen-bond donors (Lipinski definition) is 2. The van der Waals surface area contributed by atoms with Gasteiger partial charge in [-0.3, -0.25) is 0 Å². The van der Waals surface area contributed by atoms with Gasteiger partial charge in [-0.15, -0.1) is 12.6 Å². The molecule has 5 heteroatoms. The first-order valence-electron chi connectivity index (χ1n) is 4.79. The molecule has 0 spiro atoms. The molecule has 3 aromatic rings. The van der Waals surface area contributed by atoms with E-state index in [1.807, 2.05) is 24.3 Å². The molecule has 0 atom stereocenters. The Bertz CT molecular complexity index is 597. The van der Waals surface area contributed by atoms with Crippen LogP contribution >= 0.6 is 12.6 Å². The molecular weight excluding hydrogens is 220 g/mol. The summed E-state index contributed by atoms with van der Waals surface area (Å²) >= 11 is 4.24. The van der Waals surface area contributed by atoms with Crippen molar-refractivity contribution < 1.29 is 0 Å². The van der Waals surface area contributed by atoms with Crippen molar-refractivity contribution >= 4 is 23.9 Å². The molecule has 0 aliphatic heterocycles. The van der Waals surface area contributed by atoms with E-state index in [1.165, 1.54) is 0 Å². The number of nitrogens with zero attached hydrogens (tertiary/aromatic N) is 3. The molecule has 0 aliphatic rings. The van der Waals surface area contributed by atoms with Gasteiger partial charge in [0.1, 0.15) is 5.82 Å². The lowest BCUT2D eigenvalue weighted by Gasteiger charge is -1.95. The van der Waals surface area contributed by atoms with Crippen LogP contribution in [0.5, 0.6) is 0 Å². The number of hydrogen-bond acceptors (Lipinski definition) is 4. The first-order valence-corrected chi connectivity index (χ1v) is 5.24. The van der Waals surface area contributed by atoms with Crippen molar-refractivity contribution in [3.8, 4) is 11.4 Å². The average Bonchev–Trinajstić information content (AvgIpc) is 2.73. The third-order valence-electron chi connectivity index (χ3n) is 2.27. The predicted octanol–water partition coefficient (Wildman–Crippen LogP) is 2.31. The number of benzene rings is 1. The van der Waals surface area contributed by atoms with Crippen molar-refractivity contribution in [1.29, 1.82) is 0 Å². The van der Waals surface area contributed by atoms with Crippen molar-refractivity contribution in [3.63, 3.8) is 0 Å². The van der Waals surface area contributed by atoms with E-state index >= 15 is 0 Å². The minimum Gasteiger partial charge on any atom is -0.321 e. The lowest BCUT2D eigenvalue weighted by atomic mass is 10.2. The first kappa shape index (κ1) is 9.35. The Kier molecular flexibility index (Phi) is 2.11. The number of thiol groups is 1. The molecule has 0 fully saturated rings. The van der Waals surface area contributed by atoms with Crippen molar-refractivity contribution in [2.75, 3.05) is 0 Å². The van der Waals surface area contributed by atoms with Crippen molar-refractivity contribution in [3.05, 3.63) is 36.7 Å². The van der Waals surface area contributed by atoms with Crippen molar-refractivity contribution in [2.24, 2.45) is 0 Å². The van der Waals surface area contributed by atoms with E-state index in [1.54, 1.807) is 12.4 Å². The number of aromatic amines is 1. The van der Waals surface area contributed by atoms with Crippen LogP contribution in [0.25, 0.3) is 22.7 Å². The summed E-state index contributed by atoms with van der Waals surface area (Å²) in [4.78, 5) is 16.7. The largest absolute Gasteiger partial charge is 0.321 e. The van der Waals surface area contributed by atoms with Crippen LogP contribution in [0, 0.1) is 0 Å². The van der Waals surface area contributed by atoms with Gasteiger partial charge in [0, 0.05) is 22.9 Å². The third-order valence-corrected chi connectivity index (χ3v) is 2.57. The highest BCUT2D eigenvalue weighted by molar-refractivity contribution is 7.80. The van der Waals surface area contributed by atoms with Gasteiger partial charge >= 0.3 is 0 Å². The van der Waals surface area contributed by atoms with Crippen LogP contribution in [-0.4, -0.2) is 19.9 Å². The van der Waals surface area contributed by atoms with E-state index in [2.05, 4.69) is 32.6 Å². The average molecular weight is 228 g/mol. The number of aromatic nitrogens is 4. The Labute approximate surface area is 97.2 Å².